The van der Waals surface area contributed by atoms with Crippen molar-refractivity contribution >= 4 is 23.5 Å². The van der Waals surface area contributed by atoms with Crippen molar-refractivity contribution in [2.24, 2.45) is 5.73 Å². The van der Waals surface area contributed by atoms with Crippen molar-refractivity contribution < 1.29 is 14.3 Å². The van der Waals surface area contributed by atoms with Gasteiger partial charge in [0.15, 0.2) is 0 Å². The summed E-state index contributed by atoms with van der Waals surface area (Å²) in [4.78, 5) is 25.4. The lowest BCUT2D eigenvalue weighted by Gasteiger charge is -2.01. The Morgan fingerprint density at radius 1 is 1.56 bits per heavy atom. The van der Waals surface area contributed by atoms with E-state index in [0.717, 1.165) is 0 Å². The van der Waals surface area contributed by atoms with Crippen molar-refractivity contribution in [2.45, 2.75) is 0 Å². The fourth-order valence-electron chi connectivity index (χ4n) is 0.903. The predicted octanol–water partition coefficient (Wildman–Crippen LogP) is 0.358. The largest absolute Gasteiger partial charge is 0.465 e. The Morgan fingerprint density at radius 2 is 2.25 bits per heavy atom. The first-order valence-corrected chi connectivity index (χ1v) is 4.47. The van der Waals surface area contributed by atoms with Gasteiger partial charge in [-0.25, -0.2) is 9.78 Å². The van der Waals surface area contributed by atoms with Crippen molar-refractivity contribution in [2.75, 3.05) is 7.11 Å². The van der Waals surface area contributed by atoms with Crippen LogP contribution in [-0.4, -0.2) is 24.0 Å². The highest BCUT2D eigenvalue weighted by molar-refractivity contribution is 6.32. The summed E-state index contributed by atoms with van der Waals surface area (Å²) in [6.45, 7) is 0. The number of hydrogen-bond donors (Lipinski definition) is 1. The van der Waals surface area contributed by atoms with Crippen LogP contribution >= 0.6 is 11.6 Å². The molecule has 1 aromatic rings. The molecule has 0 aromatic carbocycles. The monoisotopic (exact) mass is 238 g/mol. The molecule has 0 radical (unpaired) electrons. The summed E-state index contributed by atoms with van der Waals surface area (Å²) in [5.41, 5.74) is 5.28. The molecule has 0 fully saturated rings. The van der Waals surface area contributed by atoms with Crippen LogP contribution in [-0.2, 0) is 9.53 Å². The van der Waals surface area contributed by atoms with E-state index in [-0.39, 0.29) is 10.7 Å². The number of methoxy groups -OCH3 is 1. The summed E-state index contributed by atoms with van der Waals surface area (Å²) in [6, 6.07) is 1.37. The number of nitrogens with two attached hydrogens (primary N) is 1. The van der Waals surface area contributed by atoms with Crippen molar-refractivity contribution in [1.29, 1.82) is 0 Å². The van der Waals surface area contributed by atoms with Gasteiger partial charge < -0.3 is 10.5 Å². The lowest BCUT2D eigenvalue weighted by Crippen LogP contribution is -2.06. The Bertz CT molecular complexity index is 503. The van der Waals surface area contributed by atoms with Crippen LogP contribution in [0.25, 0.3) is 0 Å². The zero-order valence-corrected chi connectivity index (χ0v) is 9.04. The Morgan fingerprint density at radius 3 is 2.81 bits per heavy atom. The highest BCUT2D eigenvalue weighted by Crippen LogP contribution is 2.14. The fourth-order valence-corrected chi connectivity index (χ4v) is 1.08. The molecule has 82 valence electrons. The van der Waals surface area contributed by atoms with E-state index >= 15 is 0 Å². The molecule has 2 N–H and O–H groups in total. The minimum Gasteiger partial charge on any atom is -0.465 e. The van der Waals surface area contributed by atoms with Crippen LogP contribution in [0.1, 0.15) is 15.9 Å². The predicted molar refractivity (Wildman–Crippen MR) is 56.7 cm³/mol. The highest BCUT2D eigenvalue weighted by Gasteiger charge is 2.11. The van der Waals surface area contributed by atoms with E-state index in [4.69, 9.17) is 17.3 Å². The number of nitrogens with zero attached hydrogens (tertiary/aromatic N) is 1. The molecule has 1 heterocycles. The number of ether oxygens (including phenoxy) is 1. The van der Waals surface area contributed by atoms with E-state index in [1.54, 1.807) is 0 Å². The maximum atomic E-state index is 11.2. The summed E-state index contributed by atoms with van der Waals surface area (Å²) in [6.07, 6.45) is 1.32. The SMILES string of the molecule is COC(=O)c1cc(C#CC(N)=O)cnc1Cl. The molecule has 1 amide bonds. The van der Waals surface area contributed by atoms with Gasteiger partial charge in [0.1, 0.15) is 5.15 Å². The summed E-state index contributed by atoms with van der Waals surface area (Å²) in [5.74, 6) is 3.16. The summed E-state index contributed by atoms with van der Waals surface area (Å²) in [7, 11) is 1.22. The first-order chi connectivity index (χ1) is 7.54. The smallest absolute Gasteiger partial charge is 0.341 e. The second-order valence-corrected chi connectivity index (χ2v) is 3.03. The third-order valence-corrected chi connectivity index (χ3v) is 1.88. The molecule has 0 spiro atoms. The molecule has 0 aliphatic rings. The molecule has 5 nitrogen and oxygen atoms in total. The number of amides is 1. The zero-order valence-electron chi connectivity index (χ0n) is 8.28. The number of esters is 1. The van der Waals surface area contributed by atoms with Crippen LogP contribution in [0.2, 0.25) is 5.15 Å². The lowest BCUT2D eigenvalue weighted by molar-refractivity contribution is -0.112. The number of rotatable bonds is 1. The molecule has 0 saturated heterocycles. The van der Waals surface area contributed by atoms with E-state index in [9.17, 15) is 9.59 Å². The molecule has 1 aromatic heterocycles. The number of halogens is 1. The number of carbonyl (C=O) groups is 2. The van der Waals surface area contributed by atoms with Gasteiger partial charge >= 0.3 is 5.97 Å². The van der Waals surface area contributed by atoms with Gasteiger partial charge in [0.05, 0.1) is 12.7 Å². The van der Waals surface area contributed by atoms with E-state index in [1.807, 2.05) is 0 Å². The first kappa shape index (κ1) is 12.0. The maximum absolute atomic E-state index is 11.2. The minimum atomic E-state index is -0.769. The highest BCUT2D eigenvalue weighted by atomic mass is 35.5. The van der Waals surface area contributed by atoms with Crippen LogP contribution < -0.4 is 5.73 Å². The van der Waals surface area contributed by atoms with Crippen LogP contribution in [0.3, 0.4) is 0 Å². The second-order valence-electron chi connectivity index (χ2n) is 2.67. The summed E-state index contributed by atoms with van der Waals surface area (Å²) < 4.78 is 4.49. The Balaban J connectivity index is 3.14. The van der Waals surface area contributed by atoms with E-state index < -0.39 is 11.9 Å². The molecule has 0 aliphatic heterocycles. The van der Waals surface area contributed by atoms with Gasteiger partial charge in [0.2, 0.25) is 0 Å². The molecular weight excluding hydrogens is 232 g/mol. The quantitative estimate of drug-likeness (QED) is 0.435. The summed E-state index contributed by atoms with van der Waals surface area (Å²) >= 11 is 5.68. The number of hydrogen-bond acceptors (Lipinski definition) is 4. The van der Waals surface area contributed by atoms with E-state index in [1.165, 1.54) is 19.4 Å². The van der Waals surface area contributed by atoms with Gasteiger partial charge in [0.25, 0.3) is 5.91 Å². The molecule has 16 heavy (non-hydrogen) atoms. The van der Waals surface area contributed by atoms with Crippen LogP contribution in [0, 0.1) is 11.8 Å². The molecule has 0 aliphatic carbocycles. The van der Waals surface area contributed by atoms with Crippen LogP contribution in [0.4, 0.5) is 0 Å². The Labute approximate surface area is 96.6 Å². The summed E-state index contributed by atoms with van der Waals surface area (Å²) in [5, 5.41) is 0.0106. The number of aromatic nitrogens is 1. The topological polar surface area (TPSA) is 82.3 Å². The zero-order chi connectivity index (χ0) is 12.1. The average molecular weight is 239 g/mol. The average Bonchev–Trinajstić information content (AvgIpc) is 2.27. The van der Waals surface area contributed by atoms with Crippen molar-refractivity contribution in [1.82, 2.24) is 4.98 Å². The van der Waals surface area contributed by atoms with Gasteiger partial charge in [-0.1, -0.05) is 17.5 Å². The molecular formula is C10H7ClN2O3. The number of pyridine rings is 1. The normalized spacial score (nSPS) is 8.88. The standard InChI is InChI=1S/C10H7ClN2O3/c1-16-10(15)7-4-6(2-3-8(12)14)5-13-9(7)11/h4-5H,1H3,(H2,12,14). The molecule has 0 bridgehead atoms. The molecule has 6 heteroatoms. The van der Waals surface area contributed by atoms with Gasteiger partial charge in [-0.05, 0) is 6.07 Å². The molecule has 0 atom stereocenters. The maximum Gasteiger partial charge on any atom is 0.341 e. The molecule has 0 saturated carbocycles. The molecule has 1 rings (SSSR count). The van der Waals surface area contributed by atoms with Crippen molar-refractivity contribution in [3.8, 4) is 11.8 Å². The van der Waals surface area contributed by atoms with Crippen LogP contribution in [0.15, 0.2) is 12.3 Å². The third kappa shape index (κ3) is 2.97. The number of carbonyl (C=O) groups excluding carboxylic acids is 2. The van der Waals surface area contributed by atoms with Gasteiger partial charge in [-0.2, -0.15) is 0 Å². The minimum absolute atomic E-state index is 0.0106. The van der Waals surface area contributed by atoms with Gasteiger partial charge in [-0.3, -0.25) is 4.79 Å². The van der Waals surface area contributed by atoms with Crippen LogP contribution in [0.5, 0.6) is 0 Å². The lowest BCUT2D eigenvalue weighted by atomic mass is 10.2. The van der Waals surface area contributed by atoms with Crippen molar-refractivity contribution in [3.63, 3.8) is 0 Å². The van der Waals surface area contributed by atoms with E-state index in [2.05, 4.69) is 21.6 Å². The van der Waals surface area contributed by atoms with Gasteiger partial charge in [-0.15, -0.1) is 0 Å². The number of primary amides is 1. The van der Waals surface area contributed by atoms with E-state index in [0.29, 0.717) is 5.56 Å². The fraction of sp³-hybridized carbons (Fsp3) is 0.100. The molecule has 0 unspecified atom stereocenters. The Kier molecular flexibility index (Phi) is 3.86. The van der Waals surface area contributed by atoms with Crippen molar-refractivity contribution in [3.05, 3.63) is 28.5 Å². The van der Waals surface area contributed by atoms with Gasteiger partial charge in [0, 0.05) is 17.7 Å². The Hall–Kier alpha value is -2.06. The second kappa shape index (κ2) is 5.14. The first-order valence-electron chi connectivity index (χ1n) is 4.10. The third-order valence-electron chi connectivity index (χ3n) is 1.57.